The minimum Gasteiger partial charge on any atom is -0.396 e. The minimum atomic E-state index is 0.178. The number of hydrogen-bond acceptors (Lipinski definition) is 6. The number of imidazole rings is 1. The zero-order valence-corrected chi connectivity index (χ0v) is 17.1. The summed E-state index contributed by atoms with van der Waals surface area (Å²) in [7, 11) is 0. The summed E-state index contributed by atoms with van der Waals surface area (Å²) in [5.74, 6) is 0.783. The Morgan fingerprint density at radius 2 is 2.03 bits per heavy atom. The summed E-state index contributed by atoms with van der Waals surface area (Å²) in [4.78, 5) is 12.2. The molecule has 2 aromatic heterocycles. The second-order valence-corrected chi connectivity index (χ2v) is 7.18. The summed E-state index contributed by atoms with van der Waals surface area (Å²) in [6.45, 7) is 4.42. The van der Waals surface area contributed by atoms with Crippen molar-refractivity contribution in [2.24, 2.45) is 0 Å². The first-order valence-corrected chi connectivity index (χ1v) is 10.2. The number of nitrogens with zero attached hydrogens (tertiary/aromatic N) is 3. The fourth-order valence-electron chi connectivity index (χ4n) is 3.49. The number of nitrogens with one attached hydrogen (secondary N) is 3. The number of H-pyrrole nitrogens is 1. The van der Waals surface area contributed by atoms with Crippen LogP contribution >= 0.6 is 12.2 Å². The summed E-state index contributed by atoms with van der Waals surface area (Å²) in [6, 6.07) is 12.3. The van der Waals surface area contributed by atoms with Gasteiger partial charge in [-0.2, -0.15) is 0 Å². The average molecular weight is 409 g/mol. The van der Waals surface area contributed by atoms with Crippen molar-refractivity contribution in [3.05, 3.63) is 53.1 Å². The van der Waals surface area contributed by atoms with Crippen molar-refractivity contribution >= 4 is 45.7 Å². The molecule has 0 atom stereocenters. The first-order valence-electron chi connectivity index (χ1n) is 9.75. The fourth-order valence-corrected chi connectivity index (χ4v) is 3.83. The van der Waals surface area contributed by atoms with Crippen molar-refractivity contribution in [2.45, 2.75) is 26.4 Å². The summed E-state index contributed by atoms with van der Waals surface area (Å²) >= 11 is 5.43. The third kappa shape index (κ3) is 3.94. The molecule has 0 fully saturated rings. The van der Waals surface area contributed by atoms with E-state index in [1.807, 2.05) is 18.2 Å². The first-order chi connectivity index (χ1) is 14.2. The van der Waals surface area contributed by atoms with Crippen LogP contribution in [-0.4, -0.2) is 37.8 Å². The molecule has 4 rings (SSSR count). The lowest BCUT2D eigenvalue weighted by atomic mass is 10.1. The molecule has 0 saturated carbocycles. The Morgan fingerprint density at radius 3 is 2.86 bits per heavy atom. The average Bonchev–Trinajstić information content (AvgIpc) is 3.05. The molecule has 0 radical (unpaired) electrons. The van der Waals surface area contributed by atoms with E-state index in [0.717, 1.165) is 52.1 Å². The van der Waals surface area contributed by atoms with Gasteiger partial charge in [-0.3, -0.25) is 0 Å². The Hall–Kier alpha value is -2.97. The second-order valence-electron chi connectivity index (χ2n) is 6.80. The van der Waals surface area contributed by atoms with E-state index in [0.29, 0.717) is 17.7 Å². The smallest absolute Gasteiger partial charge is 0.178 e. The maximum Gasteiger partial charge on any atom is 0.178 e. The van der Waals surface area contributed by atoms with E-state index in [4.69, 9.17) is 17.3 Å². The highest BCUT2D eigenvalue weighted by Gasteiger charge is 2.10. The number of aromatic amines is 1. The molecule has 29 heavy (non-hydrogen) atoms. The van der Waals surface area contributed by atoms with Crippen molar-refractivity contribution in [2.75, 3.05) is 23.8 Å². The van der Waals surface area contributed by atoms with Crippen LogP contribution < -0.4 is 10.6 Å². The molecule has 7 nitrogen and oxygen atoms in total. The van der Waals surface area contributed by atoms with E-state index < -0.39 is 0 Å². The Balaban J connectivity index is 1.64. The van der Waals surface area contributed by atoms with Gasteiger partial charge in [0.1, 0.15) is 12.1 Å². The molecule has 0 aliphatic carbocycles. The van der Waals surface area contributed by atoms with Crippen molar-refractivity contribution in [1.82, 2.24) is 19.5 Å². The van der Waals surface area contributed by atoms with Gasteiger partial charge < -0.3 is 25.3 Å². The van der Waals surface area contributed by atoms with E-state index in [2.05, 4.69) is 55.3 Å². The van der Waals surface area contributed by atoms with Gasteiger partial charge in [-0.05, 0) is 49.3 Å². The third-order valence-corrected chi connectivity index (χ3v) is 5.28. The first kappa shape index (κ1) is 19.4. The van der Waals surface area contributed by atoms with E-state index >= 15 is 0 Å². The Kier molecular flexibility index (Phi) is 5.73. The molecular weight excluding hydrogens is 384 g/mol. The van der Waals surface area contributed by atoms with Crippen LogP contribution in [0.1, 0.15) is 18.9 Å². The van der Waals surface area contributed by atoms with E-state index in [1.54, 1.807) is 6.33 Å². The topological polar surface area (TPSA) is 90.8 Å². The normalized spacial score (nSPS) is 11.2. The molecule has 4 N–H and O–H groups in total. The fraction of sp³-hybridized carbons (Fsp3) is 0.286. The van der Waals surface area contributed by atoms with Crippen LogP contribution in [0.3, 0.4) is 0 Å². The standard InChI is InChI=1S/C21H24N6OS/c1-2-27-19-11-17-15(10-18(19)26-21(27)29)20(25-13-24-17)23-12-14-6-3-4-7-16(14)22-8-5-9-28/h3-4,6-7,10-11,13,22,28H,2,5,8-9,12H2,1H3,(H,26,29)(H,23,24,25). The Bertz CT molecular complexity index is 1200. The van der Waals surface area contributed by atoms with Crippen LogP contribution in [-0.2, 0) is 13.1 Å². The van der Waals surface area contributed by atoms with Crippen LogP contribution in [0.15, 0.2) is 42.7 Å². The van der Waals surface area contributed by atoms with Gasteiger partial charge in [0.2, 0.25) is 0 Å². The van der Waals surface area contributed by atoms with Gasteiger partial charge in [0.05, 0.1) is 16.6 Å². The van der Waals surface area contributed by atoms with E-state index in [9.17, 15) is 0 Å². The molecule has 0 unspecified atom stereocenters. The zero-order valence-electron chi connectivity index (χ0n) is 16.3. The highest BCUT2D eigenvalue weighted by atomic mass is 32.1. The monoisotopic (exact) mass is 408 g/mol. The number of aliphatic hydroxyl groups is 1. The minimum absolute atomic E-state index is 0.178. The van der Waals surface area contributed by atoms with Crippen LogP contribution in [0.2, 0.25) is 0 Å². The van der Waals surface area contributed by atoms with Gasteiger partial charge in [-0.15, -0.1) is 0 Å². The quantitative estimate of drug-likeness (QED) is 0.260. The molecule has 2 heterocycles. The lowest BCUT2D eigenvalue weighted by Crippen LogP contribution is -2.09. The van der Waals surface area contributed by atoms with Crippen molar-refractivity contribution in [3.8, 4) is 0 Å². The van der Waals surface area contributed by atoms with Crippen molar-refractivity contribution in [3.63, 3.8) is 0 Å². The number of anilines is 2. The number of rotatable bonds is 8. The summed E-state index contributed by atoms with van der Waals surface area (Å²) in [5, 5.41) is 16.8. The van der Waals surface area contributed by atoms with Crippen LogP contribution in [0, 0.1) is 4.77 Å². The number of benzene rings is 2. The van der Waals surface area contributed by atoms with Gasteiger partial charge in [0.15, 0.2) is 4.77 Å². The summed E-state index contributed by atoms with van der Waals surface area (Å²) in [6.07, 6.45) is 2.30. The van der Waals surface area contributed by atoms with Gasteiger partial charge in [-0.1, -0.05) is 18.2 Å². The van der Waals surface area contributed by atoms with Gasteiger partial charge >= 0.3 is 0 Å². The maximum atomic E-state index is 9.00. The van der Waals surface area contributed by atoms with Gasteiger partial charge in [0.25, 0.3) is 0 Å². The number of hydrogen-bond donors (Lipinski definition) is 4. The predicted octanol–water partition coefficient (Wildman–Crippen LogP) is 4.07. The zero-order chi connectivity index (χ0) is 20.2. The SMILES string of the molecule is CCn1c(=S)[nH]c2cc3c(NCc4ccccc4NCCCO)ncnc3cc21. The van der Waals surface area contributed by atoms with Crippen molar-refractivity contribution < 1.29 is 5.11 Å². The molecule has 4 aromatic rings. The largest absolute Gasteiger partial charge is 0.396 e. The Labute approximate surface area is 173 Å². The van der Waals surface area contributed by atoms with Crippen molar-refractivity contribution in [1.29, 1.82) is 0 Å². The number of fused-ring (bicyclic) bond motifs is 2. The molecule has 8 heteroatoms. The van der Waals surface area contributed by atoms with E-state index in [-0.39, 0.29) is 6.61 Å². The highest BCUT2D eigenvalue weighted by molar-refractivity contribution is 7.71. The van der Waals surface area contributed by atoms with Crippen LogP contribution in [0.4, 0.5) is 11.5 Å². The van der Waals surface area contributed by atoms with Crippen LogP contribution in [0.25, 0.3) is 21.9 Å². The lowest BCUT2D eigenvalue weighted by molar-refractivity contribution is 0.292. The number of para-hydroxylation sites is 1. The molecule has 0 spiro atoms. The van der Waals surface area contributed by atoms with Gasteiger partial charge in [-0.25, -0.2) is 9.97 Å². The molecule has 2 aromatic carbocycles. The molecule has 0 saturated heterocycles. The highest BCUT2D eigenvalue weighted by Crippen LogP contribution is 2.26. The Morgan fingerprint density at radius 1 is 1.17 bits per heavy atom. The number of aromatic nitrogens is 4. The molecule has 0 aliphatic rings. The number of aryl methyl sites for hydroxylation is 1. The summed E-state index contributed by atoms with van der Waals surface area (Å²) < 4.78 is 2.77. The molecular formula is C21H24N6OS. The maximum absolute atomic E-state index is 9.00. The molecule has 0 bridgehead atoms. The number of aliphatic hydroxyl groups excluding tert-OH is 1. The molecule has 0 aliphatic heterocycles. The van der Waals surface area contributed by atoms with Gasteiger partial charge in [0, 0.05) is 37.3 Å². The molecule has 150 valence electrons. The van der Waals surface area contributed by atoms with E-state index in [1.165, 1.54) is 0 Å². The summed E-state index contributed by atoms with van der Waals surface area (Å²) in [5.41, 5.74) is 5.09. The second kappa shape index (κ2) is 8.59. The van der Waals surface area contributed by atoms with Crippen LogP contribution in [0.5, 0.6) is 0 Å². The predicted molar refractivity (Wildman–Crippen MR) is 120 cm³/mol. The lowest BCUT2D eigenvalue weighted by Gasteiger charge is -2.13. The third-order valence-electron chi connectivity index (χ3n) is 4.96. The molecule has 0 amide bonds.